The highest BCUT2D eigenvalue weighted by Gasteiger charge is 2.40. The van der Waals surface area contributed by atoms with Gasteiger partial charge in [0.05, 0.1) is 5.41 Å². The lowest BCUT2D eigenvalue weighted by molar-refractivity contribution is -0.128. The van der Waals surface area contributed by atoms with E-state index in [0.29, 0.717) is 6.54 Å². The van der Waals surface area contributed by atoms with Crippen molar-refractivity contribution in [3.8, 4) is 0 Å². The van der Waals surface area contributed by atoms with Gasteiger partial charge >= 0.3 is 0 Å². The monoisotopic (exact) mass is 291 g/mol. The minimum atomic E-state index is -0.349. The molecular weight excluding hydrogens is 266 g/mol. The van der Waals surface area contributed by atoms with Crippen molar-refractivity contribution in [1.82, 2.24) is 15.3 Å². The number of hydrogen-bond donors (Lipinski definition) is 2. The second-order valence-electron chi connectivity index (χ2n) is 5.85. The van der Waals surface area contributed by atoms with Gasteiger partial charge in [-0.1, -0.05) is 6.92 Å². The van der Waals surface area contributed by atoms with E-state index in [4.69, 9.17) is 0 Å². The molecule has 1 unspecified atom stereocenters. The Kier molecular flexibility index (Phi) is 4.34. The normalized spacial score (nSPS) is 21.5. The van der Waals surface area contributed by atoms with E-state index in [0.717, 1.165) is 42.4 Å². The van der Waals surface area contributed by atoms with E-state index in [9.17, 15) is 4.79 Å². The van der Waals surface area contributed by atoms with Crippen molar-refractivity contribution in [3.63, 3.8) is 0 Å². The first-order chi connectivity index (χ1) is 9.95. The molecule has 0 spiro atoms. The molecule has 0 aliphatic carbocycles. The Labute approximate surface area is 126 Å². The summed E-state index contributed by atoms with van der Waals surface area (Å²) >= 11 is 0. The Hall–Kier alpha value is -1.85. The number of nitrogens with one attached hydrogen (secondary N) is 2. The van der Waals surface area contributed by atoms with E-state index < -0.39 is 0 Å². The lowest BCUT2D eigenvalue weighted by Crippen LogP contribution is -2.39. The quantitative estimate of drug-likeness (QED) is 0.876. The van der Waals surface area contributed by atoms with Crippen LogP contribution in [0.25, 0.3) is 0 Å². The molecule has 1 saturated heterocycles. The fourth-order valence-corrected chi connectivity index (χ4v) is 2.89. The van der Waals surface area contributed by atoms with Gasteiger partial charge in [0.15, 0.2) is 0 Å². The average molecular weight is 291 g/mol. The van der Waals surface area contributed by atoms with Crippen LogP contribution in [0.5, 0.6) is 0 Å². The van der Waals surface area contributed by atoms with Gasteiger partial charge in [-0.25, -0.2) is 9.97 Å². The van der Waals surface area contributed by atoms with Crippen molar-refractivity contribution >= 4 is 17.5 Å². The van der Waals surface area contributed by atoms with Crippen molar-refractivity contribution in [1.29, 1.82) is 0 Å². The Morgan fingerprint density at radius 2 is 2.10 bits per heavy atom. The molecule has 2 heterocycles. The standard InChI is InChI=1S/C15H25N5O/c1-6-11-18-12(16-4)10(2)13(19-11)20-8-7-15(3,9-20)14(21)17-5/h6-9H2,1-5H3,(H,17,21)(H,16,18,19). The molecule has 1 aliphatic rings. The summed E-state index contributed by atoms with van der Waals surface area (Å²) in [7, 11) is 3.57. The Balaban J connectivity index is 2.33. The molecule has 6 nitrogen and oxygen atoms in total. The van der Waals surface area contributed by atoms with Crippen molar-refractivity contribution in [2.24, 2.45) is 5.41 Å². The summed E-state index contributed by atoms with van der Waals surface area (Å²) in [6.45, 7) is 7.62. The molecular formula is C15H25N5O. The predicted molar refractivity (Wildman–Crippen MR) is 84.7 cm³/mol. The van der Waals surface area contributed by atoms with Gasteiger partial charge in [0, 0.05) is 39.2 Å². The maximum absolute atomic E-state index is 12.1. The van der Waals surface area contributed by atoms with E-state index in [1.54, 1.807) is 7.05 Å². The number of aryl methyl sites for hydroxylation is 1. The Bertz CT molecular complexity index is 545. The van der Waals surface area contributed by atoms with E-state index >= 15 is 0 Å². The highest BCUT2D eigenvalue weighted by atomic mass is 16.2. The zero-order valence-electron chi connectivity index (χ0n) is 13.6. The molecule has 2 rings (SSSR count). The van der Waals surface area contributed by atoms with Crippen LogP contribution < -0.4 is 15.5 Å². The van der Waals surface area contributed by atoms with Crippen LogP contribution in [0.2, 0.25) is 0 Å². The molecule has 1 atom stereocenters. The van der Waals surface area contributed by atoms with Crippen LogP contribution in [0.1, 0.15) is 31.7 Å². The number of hydrogen-bond acceptors (Lipinski definition) is 5. The predicted octanol–water partition coefficient (Wildman–Crippen LogP) is 1.35. The molecule has 1 fully saturated rings. The largest absolute Gasteiger partial charge is 0.373 e. The summed E-state index contributed by atoms with van der Waals surface area (Å²) in [5.41, 5.74) is 0.689. The van der Waals surface area contributed by atoms with Gasteiger partial charge in [-0.2, -0.15) is 0 Å². The lowest BCUT2D eigenvalue weighted by atomic mass is 9.89. The van der Waals surface area contributed by atoms with Gasteiger partial charge in [-0.3, -0.25) is 4.79 Å². The van der Waals surface area contributed by atoms with Gasteiger partial charge in [-0.05, 0) is 20.3 Å². The second kappa shape index (κ2) is 5.87. The smallest absolute Gasteiger partial charge is 0.227 e. The van der Waals surface area contributed by atoms with Crippen molar-refractivity contribution in [2.45, 2.75) is 33.6 Å². The van der Waals surface area contributed by atoms with Gasteiger partial charge in [0.25, 0.3) is 0 Å². The van der Waals surface area contributed by atoms with E-state index in [-0.39, 0.29) is 11.3 Å². The molecule has 0 bridgehead atoms. The zero-order chi connectivity index (χ0) is 15.6. The van der Waals surface area contributed by atoms with E-state index in [1.807, 2.05) is 27.8 Å². The van der Waals surface area contributed by atoms with E-state index in [1.165, 1.54) is 0 Å². The summed E-state index contributed by atoms with van der Waals surface area (Å²) in [5.74, 6) is 2.74. The van der Waals surface area contributed by atoms with Crippen molar-refractivity contribution in [2.75, 3.05) is 37.4 Å². The maximum Gasteiger partial charge on any atom is 0.227 e. The summed E-state index contributed by atoms with van der Waals surface area (Å²) < 4.78 is 0. The third-order valence-electron chi connectivity index (χ3n) is 4.27. The van der Waals surface area contributed by atoms with Crippen molar-refractivity contribution in [3.05, 3.63) is 11.4 Å². The number of anilines is 2. The second-order valence-corrected chi connectivity index (χ2v) is 5.85. The van der Waals surface area contributed by atoms with Crippen LogP contribution in [-0.2, 0) is 11.2 Å². The molecule has 0 aromatic carbocycles. The van der Waals surface area contributed by atoms with Crippen LogP contribution in [0.4, 0.5) is 11.6 Å². The molecule has 1 aromatic rings. The van der Waals surface area contributed by atoms with Crippen LogP contribution in [0, 0.1) is 12.3 Å². The molecule has 1 amide bonds. The van der Waals surface area contributed by atoms with Gasteiger partial charge in [0.1, 0.15) is 17.5 Å². The average Bonchev–Trinajstić information content (AvgIpc) is 2.90. The first-order valence-corrected chi connectivity index (χ1v) is 7.47. The number of amides is 1. The Morgan fingerprint density at radius 1 is 1.38 bits per heavy atom. The molecule has 2 N–H and O–H groups in total. The maximum atomic E-state index is 12.1. The first-order valence-electron chi connectivity index (χ1n) is 7.47. The summed E-state index contributed by atoms with van der Waals surface area (Å²) in [4.78, 5) is 23.4. The third-order valence-corrected chi connectivity index (χ3v) is 4.27. The molecule has 6 heteroatoms. The number of carbonyl (C=O) groups excluding carboxylic acids is 1. The molecule has 0 radical (unpaired) electrons. The zero-order valence-corrected chi connectivity index (χ0v) is 13.6. The van der Waals surface area contributed by atoms with Crippen LogP contribution >= 0.6 is 0 Å². The van der Waals surface area contributed by atoms with Crippen LogP contribution in [0.3, 0.4) is 0 Å². The Morgan fingerprint density at radius 3 is 2.67 bits per heavy atom. The topological polar surface area (TPSA) is 70.2 Å². The summed E-state index contributed by atoms with van der Waals surface area (Å²) in [6, 6.07) is 0. The number of nitrogens with zero attached hydrogens (tertiary/aromatic N) is 3. The number of rotatable bonds is 4. The lowest BCUT2D eigenvalue weighted by Gasteiger charge is -2.25. The summed E-state index contributed by atoms with van der Waals surface area (Å²) in [6.07, 6.45) is 1.63. The van der Waals surface area contributed by atoms with Crippen molar-refractivity contribution < 1.29 is 4.79 Å². The minimum absolute atomic E-state index is 0.0984. The van der Waals surface area contributed by atoms with Gasteiger partial charge in [-0.15, -0.1) is 0 Å². The number of carbonyl (C=O) groups is 1. The first kappa shape index (κ1) is 15.5. The molecule has 1 aromatic heterocycles. The minimum Gasteiger partial charge on any atom is -0.373 e. The van der Waals surface area contributed by atoms with Gasteiger partial charge in [0.2, 0.25) is 5.91 Å². The summed E-state index contributed by atoms with van der Waals surface area (Å²) in [5, 5.41) is 5.90. The van der Waals surface area contributed by atoms with E-state index in [2.05, 4.69) is 25.5 Å². The van der Waals surface area contributed by atoms with Crippen LogP contribution in [-0.4, -0.2) is 43.1 Å². The van der Waals surface area contributed by atoms with Gasteiger partial charge < -0.3 is 15.5 Å². The fraction of sp³-hybridized carbons (Fsp3) is 0.667. The number of aromatic nitrogens is 2. The fourth-order valence-electron chi connectivity index (χ4n) is 2.89. The molecule has 116 valence electrons. The highest BCUT2D eigenvalue weighted by molar-refractivity contribution is 5.83. The molecule has 1 aliphatic heterocycles. The van der Waals surface area contributed by atoms with Crippen LogP contribution in [0.15, 0.2) is 0 Å². The highest BCUT2D eigenvalue weighted by Crippen LogP contribution is 2.35. The molecule has 21 heavy (non-hydrogen) atoms. The molecule has 0 saturated carbocycles. The SMILES string of the molecule is CCc1nc(NC)c(C)c(N2CCC(C)(C(=O)NC)C2)n1. The third kappa shape index (κ3) is 2.80.